The summed E-state index contributed by atoms with van der Waals surface area (Å²) in [6.45, 7) is 0.0841. The Kier molecular flexibility index (Phi) is 4.73. The van der Waals surface area contributed by atoms with Gasteiger partial charge in [-0.3, -0.25) is 4.79 Å². The second-order valence-electron chi connectivity index (χ2n) is 4.45. The van der Waals surface area contributed by atoms with Crippen LogP contribution in [-0.2, 0) is 0 Å². The summed E-state index contributed by atoms with van der Waals surface area (Å²) in [4.78, 5) is 16.0. The fourth-order valence-electron chi connectivity index (χ4n) is 1.85. The van der Waals surface area contributed by atoms with Crippen LogP contribution in [0.25, 0.3) is 0 Å². The van der Waals surface area contributed by atoms with Gasteiger partial charge >= 0.3 is 0 Å². The molecule has 1 amide bonds. The summed E-state index contributed by atoms with van der Waals surface area (Å²) in [6.07, 6.45) is 0.732. The Labute approximate surface area is 122 Å². The second-order valence-corrected chi connectivity index (χ2v) is 4.45. The number of aromatic nitrogens is 1. The molecule has 1 aromatic heterocycles. The van der Waals surface area contributed by atoms with Crippen molar-refractivity contribution >= 4 is 11.6 Å². The number of rotatable bonds is 5. The molecule has 1 unspecified atom stereocenters. The van der Waals surface area contributed by atoms with Crippen molar-refractivity contribution in [3.63, 3.8) is 0 Å². The van der Waals surface area contributed by atoms with Crippen molar-refractivity contribution in [3.8, 4) is 5.88 Å². The molecule has 1 atom stereocenters. The van der Waals surface area contributed by atoms with E-state index in [0.29, 0.717) is 16.8 Å². The van der Waals surface area contributed by atoms with Crippen LogP contribution in [-0.4, -0.2) is 29.7 Å². The maximum atomic E-state index is 12.1. The van der Waals surface area contributed by atoms with Crippen molar-refractivity contribution in [2.45, 2.75) is 6.10 Å². The van der Waals surface area contributed by atoms with Crippen LogP contribution < -0.4 is 15.8 Å². The number of nitrogens with zero attached hydrogens (tertiary/aromatic N) is 1. The zero-order chi connectivity index (χ0) is 15.2. The Hall–Kier alpha value is -2.60. The van der Waals surface area contributed by atoms with Crippen LogP contribution in [0.4, 0.5) is 5.69 Å². The number of aliphatic hydroxyl groups excluding tert-OH is 1. The molecule has 0 bridgehead atoms. The standard InChI is InChI=1S/C15H17N3O3/c1-21-15-12(3-2-8-17-15)14(20)18-9-13(19)10-4-6-11(16)7-5-10/h2-8,13,19H,9,16H2,1H3,(H,18,20). The number of pyridine rings is 1. The molecule has 0 spiro atoms. The first-order valence-corrected chi connectivity index (χ1v) is 6.42. The summed E-state index contributed by atoms with van der Waals surface area (Å²) < 4.78 is 5.02. The lowest BCUT2D eigenvalue weighted by molar-refractivity contribution is 0.0912. The first-order chi connectivity index (χ1) is 10.1. The van der Waals surface area contributed by atoms with Gasteiger partial charge in [0.2, 0.25) is 5.88 Å². The molecule has 110 valence electrons. The molecule has 1 heterocycles. The van der Waals surface area contributed by atoms with Gasteiger partial charge in [-0.2, -0.15) is 0 Å². The van der Waals surface area contributed by atoms with Crippen LogP contribution in [0.2, 0.25) is 0 Å². The number of nitrogen functional groups attached to an aromatic ring is 1. The van der Waals surface area contributed by atoms with E-state index in [1.165, 1.54) is 7.11 Å². The molecule has 2 aromatic rings. The molecule has 0 radical (unpaired) electrons. The molecule has 1 aromatic carbocycles. The first kappa shape index (κ1) is 14.8. The molecule has 2 rings (SSSR count). The number of methoxy groups -OCH3 is 1. The molecule has 0 saturated heterocycles. The average molecular weight is 287 g/mol. The van der Waals surface area contributed by atoms with Gasteiger partial charge < -0.3 is 20.9 Å². The smallest absolute Gasteiger partial charge is 0.256 e. The summed E-state index contributed by atoms with van der Waals surface area (Å²) in [6, 6.07) is 10.1. The van der Waals surface area contributed by atoms with Gasteiger partial charge in [-0.1, -0.05) is 12.1 Å². The van der Waals surface area contributed by atoms with E-state index < -0.39 is 6.10 Å². The fraction of sp³-hybridized carbons (Fsp3) is 0.200. The highest BCUT2D eigenvalue weighted by Gasteiger charge is 2.14. The summed E-state index contributed by atoms with van der Waals surface area (Å²) in [5, 5.41) is 12.7. The molecule has 0 saturated carbocycles. The first-order valence-electron chi connectivity index (χ1n) is 6.42. The number of carbonyl (C=O) groups excluding carboxylic acids is 1. The van der Waals surface area contributed by atoms with Crippen LogP contribution in [0.15, 0.2) is 42.6 Å². The van der Waals surface area contributed by atoms with E-state index in [-0.39, 0.29) is 18.3 Å². The average Bonchev–Trinajstić information content (AvgIpc) is 2.52. The number of nitrogens with two attached hydrogens (primary N) is 1. The van der Waals surface area contributed by atoms with E-state index in [9.17, 15) is 9.90 Å². The largest absolute Gasteiger partial charge is 0.480 e. The van der Waals surface area contributed by atoms with Crippen molar-refractivity contribution in [3.05, 3.63) is 53.7 Å². The molecule has 21 heavy (non-hydrogen) atoms. The third kappa shape index (κ3) is 3.70. The van der Waals surface area contributed by atoms with Crippen LogP contribution in [0.5, 0.6) is 5.88 Å². The Morgan fingerprint density at radius 3 is 2.76 bits per heavy atom. The number of benzene rings is 1. The summed E-state index contributed by atoms with van der Waals surface area (Å²) >= 11 is 0. The molecule has 0 fully saturated rings. The lowest BCUT2D eigenvalue weighted by atomic mass is 10.1. The van der Waals surface area contributed by atoms with Crippen molar-refractivity contribution in [1.82, 2.24) is 10.3 Å². The number of anilines is 1. The van der Waals surface area contributed by atoms with Crippen LogP contribution >= 0.6 is 0 Å². The lowest BCUT2D eigenvalue weighted by Crippen LogP contribution is -2.28. The van der Waals surface area contributed by atoms with E-state index >= 15 is 0 Å². The quantitative estimate of drug-likeness (QED) is 0.716. The van der Waals surface area contributed by atoms with E-state index in [1.54, 1.807) is 42.6 Å². The Balaban J connectivity index is 1.99. The molecular weight excluding hydrogens is 270 g/mol. The topological polar surface area (TPSA) is 97.5 Å². The minimum Gasteiger partial charge on any atom is -0.480 e. The monoisotopic (exact) mass is 287 g/mol. The summed E-state index contributed by atoms with van der Waals surface area (Å²) in [5.41, 5.74) is 7.21. The third-order valence-electron chi connectivity index (χ3n) is 2.99. The molecule has 6 nitrogen and oxygen atoms in total. The van der Waals surface area contributed by atoms with E-state index in [4.69, 9.17) is 10.5 Å². The summed E-state index contributed by atoms with van der Waals surface area (Å²) in [5.74, 6) is -0.105. The number of hydrogen-bond acceptors (Lipinski definition) is 5. The van der Waals surface area contributed by atoms with E-state index in [2.05, 4.69) is 10.3 Å². The highest BCUT2D eigenvalue weighted by atomic mass is 16.5. The van der Waals surface area contributed by atoms with Crippen molar-refractivity contribution in [2.24, 2.45) is 0 Å². The highest BCUT2D eigenvalue weighted by molar-refractivity contribution is 5.96. The second kappa shape index (κ2) is 6.71. The molecule has 4 N–H and O–H groups in total. The molecule has 6 heteroatoms. The molecular formula is C15H17N3O3. The van der Waals surface area contributed by atoms with E-state index in [0.717, 1.165) is 0 Å². The Morgan fingerprint density at radius 2 is 2.10 bits per heavy atom. The Morgan fingerprint density at radius 1 is 1.38 bits per heavy atom. The van der Waals surface area contributed by atoms with Gasteiger partial charge in [-0.25, -0.2) is 4.98 Å². The number of nitrogens with one attached hydrogen (secondary N) is 1. The predicted molar refractivity (Wildman–Crippen MR) is 78.9 cm³/mol. The maximum Gasteiger partial charge on any atom is 0.256 e. The maximum absolute atomic E-state index is 12.1. The normalized spacial score (nSPS) is 11.7. The predicted octanol–water partition coefficient (Wildman–Crippen LogP) is 1.14. The SMILES string of the molecule is COc1ncccc1C(=O)NCC(O)c1ccc(N)cc1. The highest BCUT2D eigenvalue weighted by Crippen LogP contribution is 2.16. The number of hydrogen-bond donors (Lipinski definition) is 3. The third-order valence-corrected chi connectivity index (χ3v) is 2.99. The fourth-order valence-corrected chi connectivity index (χ4v) is 1.85. The number of ether oxygens (including phenoxy) is 1. The molecule has 0 aliphatic carbocycles. The van der Waals surface area contributed by atoms with Gasteiger partial charge in [0.1, 0.15) is 5.56 Å². The molecule has 0 aliphatic heterocycles. The van der Waals surface area contributed by atoms with Gasteiger partial charge in [0.25, 0.3) is 5.91 Å². The van der Waals surface area contributed by atoms with Crippen LogP contribution in [0, 0.1) is 0 Å². The van der Waals surface area contributed by atoms with Gasteiger partial charge in [-0.15, -0.1) is 0 Å². The number of aliphatic hydroxyl groups is 1. The molecule has 0 aliphatic rings. The zero-order valence-corrected chi connectivity index (χ0v) is 11.6. The van der Waals surface area contributed by atoms with Crippen molar-refractivity contribution in [1.29, 1.82) is 0 Å². The van der Waals surface area contributed by atoms with Crippen molar-refractivity contribution in [2.75, 3.05) is 19.4 Å². The number of amides is 1. The number of carbonyl (C=O) groups is 1. The van der Waals surface area contributed by atoms with E-state index in [1.807, 2.05) is 0 Å². The lowest BCUT2D eigenvalue weighted by Gasteiger charge is -2.13. The summed E-state index contributed by atoms with van der Waals surface area (Å²) in [7, 11) is 1.45. The van der Waals surface area contributed by atoms with Gasteiger partial charge in [-0.05, 0) is 29.8 Å². The van der Waals surface area contributed by atoms with Gasteiger partial charge in [0, 0.05) is 18.4 Å². The van der Waals surface area contributed by atoms with Gasteiger partial charge in [0.05, 0.1) is 13.2 Å². The van der Waals surface area contributed by atoms with Crippen LogP contribution in [0.1, 0.15) is 22.0 Å². The van der Waals surface area contributed by atoms with Crippen LogP contribution in [0.3, 0.4) is 0 Å². The zero-order valence-electron chi connectivity index (χ0n) is 11.6. The van der Waals surface area contributed by atoms with Gasteiger partial charge in [0.15, 0.2) is 0 Å². The minimum absolute atomic E-state index is 0.0841. The van der Waals surface area contributed by atoms with Crippen molar-refractivity contribution < 1.29 is 14.6 Å². The Bertz CT molecular complexity index is 614. The minimum atomic E-state index is -0.808.